The molecule has 6 nitrogen and oxygen atoms in total. The van der Waals surface area contributed by atoms with Gasteiger partial charge >= 0.3 is 0 Å². The van der Waals surface area contributed by atoms with Crippen LogP contribution in [0.2, 0.25) is 0 Å². The van der Waals surface area contributed by atoms with E-state index in [1.165, 1.54) is 5.56 Å². The Bertz CT molecular complexity index is 832. The molecule has 1 unspecified atom stereocenters. The molecular weight excluding hydrogens is 392 g/mol. The maximum atomic E-state index is 12.8. The SMILES string of the molecule is COc1ccc(C(=O)N2CCC3(CC2)CC(CCOCc2ccccc2)CCO3)cn1. The first-order valence-corrected chi connectivity index (χ1v) is 11.2. The molecule has 4 rings (SSSR count). The average Bonchev–Trinajstić information content (AvgIpc) is 2.83. The predicted molar refractivity (Wildman–Crippen MR) is 118 cm³/mol. The van der Waals surface area contributed by atoms with E-state index in [9.17, 15) is 4.79 Å². The minimum Gasteiger partial charge on any atom is -0.481 e. The van der Waals surface area contributed by atoms with Crippen LogP contribution in [0.5, 0.6) is 5.88 Å². The number of hydrogen-bond donors (Lipinski definition) is 0. The van der Waals surface area contributed by atoms with E-state index in [1.807, 2.05) is 23.1 Å². The first-order valence-electron chi connectivity index (χ1n) is 11.2. The molecule has 166 valence electrons. The molecule has 6 heteroatoms. The van der Waals surface area contributed by atoms with Crippen molar-refractivity contribution in [1.82, 2.24) is 9.88 Å². The number of pyridine rings is 1. The van der Waals surface area contributed by atoms with Crippen LogP contribution in [0.1, 0.15) is 48.0 Å². The molecule has 3 heterocycles. The number of amides is 1. The number of likely N-dealkylation sites (tertiary alicyclic amines) is 1. The molecule has 0 radical (unpaired) electrons. The quantitative estimate of drug-likeness (QED) is 0.627. The fourth-order valence-electron chi connectivity index (χ4n) is 4.67. The summed E-state index contributed by atoms with van der Waals surface area (Å²) in [6.07, 6.45) is 6.60. The van der Waals surface area contributed by atoms with Crippen molar-refractivity contribution in [2.45, 2.75) is 44.3 Å². The molecule has 0 bridgehead atoms. The number of benzene rings is 1. The third-order valence-electron chi connectivity index (χ3n) is 6.53. The highest BCUT2D eigenvalue weighted by atomic mass is 16.5. The lowest BCUT2D eigenvalue weighted by Crippen LogP contribution is -2.50. The molecule has 2 aliphatic heterocycles. The van der Waals surface area contributed by atoms with Gasteiger partial charge in [0.05, 0.1) is 24.9 Å². The van der Waals surface area contributed by atoms with Crippen molar-refractivity contribution in [3.63, 3.8) is 0 Å². The van der Waals surface area contributed by atoms with Crippen LogP contribution < -0.4 is 4.74 Å². The van der Waals surface area contributed by atoms with Gasteiger partial charge in [0.2, 0.25) is 5.88 Å². The lowest BCUT2D eigenvalue weighted by molar-refractivity contribution is -0.126. The Morgan fingerprint density at radius 2 is 2.00 bits per heavy atom. The van der Waals surface area contributed by atoms with E-state index in [0.717, 1.165) is 58.4 Å². The number of methoxy groups -OCH3 is 1. The first-order chi connectivity index (χ1) is 15.2. The van der Waals surface area contributed by atoms with Gasteiger partial charge in [-0.2, -0.15) is 0 Å². The number of carbonyl (C=O) groups is 1. The number of ether oxygens (including phenoxy) is 3. The van der Waals surface area contributed by atoms with Gasteiger partial charge in [0.15, 0.2) is 0 Å². The fraction of sp³-hybridized carbons (Fsp3) is 0.520. The summed E-state index contributed by atoms with van der Waals surface area (Å²) in [6, 6.07) is 13.8. The second-order valence-corrected chi connectivity index (χ2v) is 8.60. The molecule has 0 N–H and O–H groups in total. The number of aromatic nitrogens is 1. The van der Waals surface area contributed by atoms with Crippen LogP contribution in [0, 0.1) is 5.92 Å². The van der Waals surface area contributed by atoms with Crippen LogP contribution >= 0.6 is 0 Å². The molecule has 1 spiro atoms. The van der Waals surface area contributed by atoms with Crippen molar-refractivity contribution in [3.05, 3.63) is 59.8 Å². The van der Waals surface area contributed by atoms with Gasteiger partial charge < -0.3 is 19.1 Å². The normalized spacial score (nSPS) is 20.5. The highest BCUT2D eigenvalue weighted by Crippen LogP contribution is 2.39. The van der Waals surface area contributed by atoms with Gasteiger partial charge in [-0.15, -0.1) is 0 Å². The molecule has 1 atom stereocenters. The zero-order chi connectivity index (χ0) is 21.5. The summed E-state index contributed by atoms with van der Waals surface area (Å²) in [7, 11) is 1.57. The van der Waals surface area contributed by atoms with Crippen molar-refractivity contribution < 1.29 is 19.0 Å². The molecule has 2 saturated heterocycles. The molecule has 0 aliphatic carbocycles. The number of carbonyl (C=O) groups excluding carboxylic acids is 1. The highest BCUT2D eigenvalue weighted by Gasteiger charge is 2.41. The van der Waals surface area contributed by atoms with Crippen LogP contribution in [0.15, 0.2) is 48.7 Å². The molecule has 2 fully saturated rings. The Balaban J connectivity index is 1.23. The summed E-state index contributed by atoms with van der Waals surface area (Å²) in [5.41, 5.74) is 1.74. The fourth-order valence-corrected chi connectivity index (χ4v) is 4.67. The van der Waals surface area contributed by atoms with E-state index < -0.39 is 0 Å². The smallest absolute Gasteiger partial charge is 0.255 e. The minimum absolute atomic E-state index is 0.0340. The summed E-state index contributed by atoms with van der Waals surface area (Å²) in [5, 5.41) is 0. The van der Waals surface area contributed by atoms with E-state index in [2.05, 4.69) is 17.1 Å². The van der Waals surface area contributed by atoms with Crippen molar-refractivity contribution in [2.24, 2.45) is 5.92 Å². The minimum atomic E-state index is -0.0860. The second kappa shape index (κ2) is 10.2. The Morgan fingerprint density at radius 1 is 1.19 bits per heavy atom. The van der Waals surface area contributed by atoms with Crippen molar-refractivity contribution >= 4 is 5.91 Å². The van der Waals surface area contributed by atoms with Gasteiger partial charge in [-0.3, -0.25) is 4.79 Å². The van der Waals surface area contributed by atoms with Crippen molar-refractivity contribution in [2.75, 3.05) is 33.4 Å². The van der Waals surface area contributed by atoms with Crippen LogP contribution in [-0.4, -0.2) is 54.8 Å². The van der Waals surface area contributed by atoms with E-state index in [4.69, 9.17) is 14.2 Å². The van der Waals surface area contributed by atoms with Crippen molar-refractivity contribution in [3.8, 4) is 5.88 Å². The predicted octanol–water partition coefficient (Wildman–Crippen LogP) is 4.10. The van der Waals surface area contributed by atoms with Gasteiger partial charge in [-0.05, 0) is 49.7 Å². The van der Waals surface area contributed by atoms with E-state index in [-0.39, 0.29) is 11.5 Å². The zero-order valence-corrected chi connectivity index (χ0v) is 18.3. The maximum Gasteiger partial charge on any atom is 0.255 e. The zero-order valence-electron chi connectivity index (χ0n) is 18.3. The van der Waals surface area contributed by atoms with E-state index in [1.54, 1.807) is 25.4 Å². The number of rotatable bonds is 7. The summed E-state index contributed by atoms with van der Waals surface area (Å²) in [5.74, 6) is 1.17. The third kappa shape index (κ3) is 5.63. The Morgan fingerprint density at radius 3 is 2.71 bits per heavy atom. The molecule has 0 saturated carbocycles. The third-order valence-corrected chi connectivity index (χ3v) is 6.53. The van der Waals surface area contributed by atoms with Crippen LogP contribution in [0.25, 0.3) is 0 Å². The molecule has 2 aromatic rings. The largest absolute Gasteiger partial charge is 0.481 e. The Kier molecular flexibility index (Phi) is 7.20. The van der Waals surface area contributed by atoms with Gasteiger partial charge in [-0.1, -0.05) is 30.3 Å². The van der Waals surface area contributed by atoms with Crippen molar-refractivity contribution in [1.29, 1.82) is 0 Å². The van der Waals surface area contributed by atoms with Gasteiger partial charge in [-0.25, -0.2) is 4.98 Å². The Hall–Kier alpha value is -2.44. The summed E-state index contributed by atoms with van der Waals surface area (Å²) < 4.78 is 17.2. The van der Waals surface area contributed by atoms with Crippen LogP contribution in [-0.2, 0) is 16.1 Å². The lowest BCUT2D eigenvalue weighted by atomic mass is 9.78. The summed E-state index contributed by atoms with van der Waals surface area (Å²) >= 11 is 0. The molecule has 2 aliphatic rings. The van der Waals surface area contributed by atoms with Gasteiger partial charge in [0, 0.05) is 38.6 Å². The maximum absolute atomic E-state index is 12.8. The number of hydrogen-bond acceptors (Lipinski definition) is 5. The standard InChI is InChI=1S/C25H32N2O4/c1-29-23-8-7-22(18-26-23)24(28)27-13-11-25(12-14-27)17-20(10-16-31-25)9-15-30-19-21-5-3-2-4-6-21/h2-8,18,20H,9-17,19H2,1H3. The van der Waals surface area contributed by atoms with Crippen LogP contribution in [0.4, 0.5) is 0 Å². The van der Waals surface area contributed by atoms with E-state index in [0.29, 0.717) is 24.0 Å². The van der Waals surface area contributed by atoms with Gasteiger partial charge in [0.1, 0.15) is 0 Å². The molecule has 1 aromatic carbocycles. The lowest BCUT2D eigenvalue weighted by Gasteiger charge is -2.46. The topological polar surface area (TPSA) is 60.9 Å². The average molecular weight is 425 g/mol. The number of piperidine rings is 1. The Labute approximate surface area is 184 Å². The molecular formula is C25H32N2O4. The number of nitrogens with zero attached hydrogens (tertiary/aromatic N) is 2. The molecule has 1 aromatic heterocycles. The monoisotopic (exact) mass is 424 g/mol. The van der Waals surface area contributed by atoms with Crippen LogP contribution in [0.3, 0.4) is 0 Å². The second-order valence-electron chi connectivity index (χ2n) is 8.60. The highest BCUT2D eigenvalue weighted by molar-refractivity contribution is 5.94. The first kappa shape index (κ1) is 21.8. The summed E-state index contributed by atoms with van der Waals surface area (Å²) in [6.45, 7) is 3.71. The molecule has 1 amide bonds. The summed E-state index contributed by atoms with van der Waals surface area (Å²) in [4.78, 5) is 18.9. The van der Waals surface area contributed by atoms with Gasteiger partial charge in [0.25, 0.3) is 5.91 Å². The molecule has 31 heavy (non-hydrogen) atoms. The van der Waals surface area contributed by atoms with E-state index >= 15 is 0 Å².